The molecule has 0 atom stereocenters. The van der Waals surface area contributed by atoms with Crippen molar-refractivity contribution in [3.8, 4) is 11.3 Å². The Morgan fingerprint density at radius 1 is 1.04 bits per heavy atom. The minimum Gasteiger partial charge on any atom is -0.280 e. The number of hydrogen-bond acceptors (Lipinski definition) is 3. The van der Waals surface area contributed by atoms with Crippen LogP contribution in [0.5, 0.6) is 0 Å². The fourth-order valence-electron chi connectivity index (χ4n) is 2.96. The Bertz CT molecular complexity index is 1010. The van der Waals surface area contributed by atoms with Crippen LogP contribution in [0.1, 0.15) is 45.2 Å². The molecular formula is C22H27N3O2S. The molecule has 0 spiro atoms. The van der Waals surface area contributed by atoms with E-state index in [4.69, 9.17) is 0 Å². The molecule has 0 amide bonds. The summed E-state index contributed by atoms with van der Waals surface area (Å²) in [5.41, 5.74) is 3.00. The molecule has 0 aliphatic heterocycles. The quantitative estimate of drug-likeness (QED) is 0.563. The van der Waals surface area contributed by atoms with E-state index in [1.807, 2.05) is 68.4 Å². The second-order valence-corrected chi connectivity index (χ2v) is 8.84. The second-order valence-electron chi connectivity index (χ2n) is 7.19. The van der Waals surface area contributed by atoms with E-state index in [-0.39, 0.29) is 10.9 Å². The smallest absolute Gasteiger partial charge is 0.265 e. The summed E-state index contributed by atoms with van der Waals surface area (Å²) in [7, 11) is -3.77. The van der Waals surface area contributed by atoms with Crippen LogP contribution >= 0.6 is 0 Å². The van der Waals surface area contributed by atoms with Crippen LogP contribution in [0, 0.1) is 0 Å². The van der Waals surface area contributed by atoms with Crippen molar-refractivity contribution in [2.45, 2.75) is 51.0 Å². The molecule has 3 aromatic rings. The number of aryl methyl sites for hydroxylation is 1. The molecule has 2 aromatic carbocycles. The lowest BCUT2D eigenvalue weighted by Gasteiger charge is -2.09. The number of unbranched alkanes of at least 4 members (excludes halogenated alkanes) is 1. The normalized spacial score (nSPS) is 11.7. The highest BCUT2D eigenvalue weighted by Gasteiger charge is 2.24. The van der Waals surface area contributed by atoms with Crippen LogP contribution < -0.4 is 4.72 Å². The fraction of sp³-hybridized carbons (Fsp3) is 0.318. The van der Waals surface area contributed by atoms with Crippen LogP contribution in [-0.2, 0) is 16.4 Å². The van der Waals surface area contributed by atoms with E-state index in [9.17, 15) is 8.42 Å². The van der Waals surface area contributed by atoms with Gasteiger partial charge in [0.1, 0.15) is 10.6 Å². The first-order chi connectivity index (χ1) is 13.4. The lowest BCUT2D eigenvalue weighted by molar-refractivity contribution is 0.532. The molecule has 0 saturated heterocycles. The van der Waals surface area contributed by atoms with Crippen molar-refractivity contribution >= 4 is 15.7 Å². The van der Waals surface area contributed by atoms with Gasteiger partial charge < -0.3 is 0 Å². The first-order valence-electron chi connectivity index (χ1n) is 9.67. The van der Waals surface area contributed by atoms with Gasteiger partial charge in [0.05, 0.1) is 0 Å². The molecule has 6 heteroatoms. The van der Waals surface area contributed by atoms with Gasteiger partial charge in [0.2, 0.25) is 0 Å². The Kier molecular flexibility index (Phi) is 6.19. The van der Waals surface area contributed by atoms with E-state index in [0.717, 1.165) is 24.8 Å². The minimum absolute atomic E-state index is 0.0595. The molecular weight excluding hydrogens is 370 g/mol. The van der Waals surface area contributed by atoms with E-state index in [1.54, 1.807) is 10.9 Å². The van der Waals surface area contributed by atoms with Crippen molar-refractivity contribution in [2.75, 3.05) is 4.72 Å². The monoisotopic (exact) mass is 397 g/mol. The van der Waals surface area contributed by atoms with Gasteiger partial charge in [-0.3, -0.25) is 9.40 Å². The molecule has 3 rings (SSSR count). The average molecular weight is 398 g/mol. The predicted molar refractivity (Wildman–Crippen MR) is 114 cm³/mol. The Balaban J connectivity index is 1.93. The van der Waals surface area contributed by atoms with Gasteiger partial charge in [-0.05, 0) is 44.4 Å². The molecule has 28 heavy (non-hydrogen) atoms. The third-order valence-corrected chi connectivity index (χ3v) is 5.97. The Morgan fingerprint density at radius 2 is 1.71 bits per heavy atom. The van der Waals surface area contributed by atoms with Gasteiger partial charge in [-0.1, -0.05) is 55.8 Å². The molecule has 5 nitrogen and oxygen atoms in total. The number of rotatable bonds is 8. The van der Waals surface area contributed by atoms with Crippen molar-refractivity contribution in [1.82, 2.24) is 9.78 Å². The number of anilines is 1. The summed E-state index contributed by atoms with van der Waals surface area (Å²) in [5, 5.41) is 4.53. The summed E-state index contributed by atoms with van der Waals surface area (Å²) >= 11 is 0. The lowest BCUT2D eigenvalue weighted by Crippen LogP contribution is -2.13. The zero-order valence-electron chi connectivity index (χ0n) is 16.6. The number of nitrogens with zero attached hydrogens (tertiary/aromatic N) is 2. The summed E-state index contributed by atoms with van der Waals surface area (Å²) in [6.45, 7) is 6.10. The number of sulfonamides is 1. The van der Waals surface area contributed by atoms with Gasteiger partial charge in [0.25, 0.3) is 10.0 Å². The molecule has 1 N–H and O–H groups in total. The molecule has 0 radical (unpaired) electrons. The predicted octanol–water partition coefficient (Wildman–Crippen LogP) is 5.27. The Morgan fingerprint density at radius 3 is 2.32 bits per heavy atom. The number of benzene rings is 2. The Hall–Kier alpha value is -2.60. The van der Waals surface area contributed by atoms with Gasteiger partial charge in [-0.2, -0.15) is 5.10 Å². The fourth-order valence-corrected chi connectivity index (χ4v) is 4.18. The number of aromatic nitrogens is 2. The first kappa shape index (κ1) is 20.1. The van der Waals surface area contributed by atoms with Crippen molar-refractivity contribution in [1.29, 1.82) is 0 Å². The van der Waals surface area contributed by atoms with E-state index in [1.165, 1.54) is 5.56 Å². The SMILES string of the molecule is CCCCc1ccc(NS(=O)(=O)c2cn(C(C)C)nc2-c2ccccc2)cc1. The summed E-state index contributed by atoms with van der Waals surface area (Å²) in [5.74, 6) is 0. The van der Waals surface area contributed by atoms with E-state index in [0.29, 0.717) is 11.4 Å². The van der Waals surface area contributed by atoms with Crippen molar-refractivity contribution in [2.24, 2.45) is 0 Å². The van der Waals surface area contributed by atoms with Crippen molar-refractivity contribution < 1.29 is 8.42 Å². The molecule has 0 bridgehead atoms. The van der Waals surface area contributed by atoms with Crippen LogP contribution in [0.3, 0.4) is 0 Å². The molecule has 148 valence electrons. The summed E-state index contributed by atoms with van der Waals surface area (Å²) in [6, 6.07) is 17.0. The summed E-state index contributed by atoms with van der Waals surface area (Å²) < 4.78 is 30.6. The topological polar surface area (TPSA) is 64.0 Å². The zero-order valence-corrected chi connectivity index (χ0v) is 17.4. The second kappa shape index (κ2) is 8.61. The molecule has 0 aliphatic carbocycles. The van der Waals surface area contributed by atoms with Crippen molar-refractivity contribution in [3.05, 3.63) is 66.4 Å². The highest BCUT2D eigenvalue weighted by molar-refractivity contribution is 7.92. The molecule has 0 aliphatic rings. The van der Waals surface area contributed by atoms with E-state index < -0.39 is 10.0 Å². The minimum atomic E-state index is -3.77. The maximum atomic E-state index is 13.1. The number of hydrogen-bond donors (Lipinski definition) is 1. The Labute approximate surface area is 167 Å². The standard InChI is InChI=1S/C22H27N3O2S/c1-4-5-9-18-12-14-20(15-13-18)24-28(26,27)21-16-25(17(2)3)23-22(21)19-10-7-6-8-11-19/h6-8,10-17,24H,4-5,9H2,1-3H3. The average Bonchev–Trinajstić information content (AvgIpc) is 3.15. The molecule has 1 aromatic heterocycles. The van der Waals surface area contributed by atoms with Crippen LogP contribution in [0.25, 0.3) is 11.3 Å². The molecule has 1 heterocycles. The highest BCUT2D eigenvalue weighted by Crippen LogP contribution is 2.28. The molecule has 0 unspecified atom stereocenters. The third-order valence-electron chi connectivity index (χ3n) is 4.59. The van der Waals surface area contributed by atoms with Crippen LogP contribution in [0.2, 0.25) is 0 Å². The molecule has 0 fully saturated rings. The van der Waals surface area contributed by atoms with Crippen LogP contribution in [-0.4, -0.2) is 18.2 Å². The summed E-state index contributed by atoms with van der Waals surface area (Å²) in [4.78, 5) is 0.183. The largest absolute Gasteiger partial charge is 0.280 e. The summed E-state index contributed by atoms with van der Waals surface area (Å²) in [6.07, 6.45) is 4.87. The maximum absolute atomic E-state index is 13.1. The van der Waals surface area contributed by atoms with Crippen LogP contribution in [0.4, 0.5) is 5.69 Å². The van der Waals surface area contributed by atoms with Crippen molar-refractivity contribution in [3.63, 3.8) is 0 Å². The third kappa shape index (κ3) is 4.62. The highest BCUT2D eigenvalue weighted by atomic mass is 32.2. The van der Waals surface area contributed by atoms with Gasteiger partial charge in [-0.25, -0.2) is 8.42 Å². The zero-order chi connectivity index (χ0) is 20.1. The van der Waals surface area contributed by atoms with E-state index >= 15 is 0 Å². The van der Waals surface area contributed by atoms with Gasteiger partial charge in [0.15, 0.2) is 0 Å². The van der Waals surface area contributed by atoms with Gasteiger partial charge in [0, 0.05) is 23.5 Å². The van der Waals surface area contributed by atoms with Gasteiger partial charge >= 0.3 is 0 Å². The van der Waals surface area contributed by atoms with E-state index in [2.05, 4.69) is 16.7 Å². The maximum Gasteiger partial charge on any atom is 0.265 e. The first-order valence-corrected chi connectivity index (χ1v) is 11.2. The van der Waals surface area contributed by atoms with Gasteiger partial charge in [-0.15, -0.1) is 0 Å². The molecule has 0 saturated carbocycles. The van der Waals surface area contributed by atoms with Crippen LogP contribution in [0.15, 0.2) is 65.7 Å². The number of nitrogens with one attached hydrogen (secondary N) is 1. The lowest BCUT2D eigenvalue weighted by atomic mass is 10.1.